The van der Waals surface area contributed by atoms with Gasteiger partial charge in [0.25, 0.3) is 0 Å². The van der Waals surface area contributed by atoms with E-state index in [4.69, 9.17) is 10.00 Å². The molecule has 0 saturated carbocycles. The van der Waals surface area contributed by atoms with E-state index in [-0.39, 0.29) is 0 Å². The number of rotatable bonds is 3. The van der Waals surface area contributed by atoms with Crippen LogP contribution in [0.1, 0.15) is 22.7 Å². The van der Waals surface area contributed by atoms with E-state index in [1.165, 1.54) is 5.56 Å². The zero-order valence-electron chi connectivity index (χ0n) is 11.1. The largest absolute Gasteiger partial charge is 0.380 e. The molecule has 0 radical (unpaired) electrons. The van der Waals surface area contributed by atoms with Crippen molar-refractivity contribution in [3.8, 4) is 6.07 Å². The van der Waals surface area contributed by atoms with Gasteiger partial charge in [-0.1, -0.05) is 0 Å². The molecule has 100 valence electrons. The summed E-state index contributed by atoms with van der Waals surface area (Å²) in [4.78, 5) is 8.64. The summed E-state index contributed by atoms with van der Waals surface area (Å²) in [7, 11) is 0. The van der Waals surface area contributed by atoms with E-state index in [2.05, 4.69) is 27.4 Å². The number of hydrogen-bond acceptors (Lipinski definition) is 5. The maximum atomic E-state index is 8.89. The molecular weight excluding hydrogens is 252 g/mol. The van der Waals surface area contributed by atoms with Gasteiger partial charge in [0.15, 0.2) is 0 Å². The first kappa shape index (κ1) is 12.6. The predicted molar refractivity (Wildman–Crippen MR) is 74.8 cm³/mol. The van der Waals surface area contributed by atoms with Gasteiger partial charge in [-0.3, -0.25) is 0 Å². The standard InChI is InChI=1S/C15H14N4O/c1-10-4-12(13-8-20-9-13)6-15(18-10)19-14-5-11(7-16)2-3-17-14/h2-6,13H,8-9H2,1H3,(H,17,18,19). The van der Waals surface area contributed by atoms with E-state index in [9.17, 15) is 0 Å². The summed E-state index contributed by atoms with van der Waals surface area (Å²) in [6.45, 7) is 3.50. The first-order valence-corrected chi connectivity index (χ1v) is 6.44. The molecule has 0 amide bonds. The number of ether oxygens (including phenoxy) is 1. The van der Waals surface area contributed by atoms with Crippen LogP contribution in [0.4, 0.5) is 11.6 Å². The highest BCUT2D eigenvalue weighted by Crippen LogP contribution is 2.27. The van der Waals surface area contributed by atoms with Crippen LogP contribution in [0, 0.1) is 18.3 Å². The summed E-state index contributed by atoms with van der Waals surface area (Å²) >= 11 is 0. The van der Waals surface area contributed by atoms with Gasteiger partial charge >= 0.3 is 0 Å². The molecule has 5 nitrogen and oxygen atoms in total. The second-order valence-electron chi connectivity index (χ2n) is 4.83. The highest BCUT2D eigenvalue weighted by Gasteiger charge is 2.21. The minimum atomic E-state index is 0.454. The number of nitrogens with zero attached hydrogens (tertiary/aromatic N) is 3. The van der Waals surface area contributed by atoms with Crippen LogP contribution < -0.4 is 5.32 Å². The lowest BCUT2D eigenvalue weighted by atomic mass is 9.98. The van der Waals surface area contributed by atoms with Crippen LogP contribution in [0.25, 0.3) is 0 Å². The van der Waals surface area contributed by atoms with Crippen LogP contribution in [0.5, 0.6) is 0 Å². The van der Waals surface area contributed by atoms with Gasteiger partial charge < -0.3 is 10.1 Å². The molecule has 1 aliphatic heterocycles. The molecular formula is C15H14N4O. The molecule has 0 atom stereocenters. The Morgan fingerprint density at radius 1 is 1.30 bits per heavy atom. The maximum Gasteiger partial charge on any atom is 0.132 e. The summed E-state index contributed by atoms with van der Waals surface area (Å²) in [5, 5.41) is 12.0. The molecule has 5 heteroatoms. The Labute approximate surface area is 117 Å². The Morgan fingerprint density at radius 3 is 2.85 bits per heavy atom. The smallest absolute Gasteiger partial charge is 0.132 e. The normalized spacial score (nSPS) is 14.4. The SMILES string of the molecule is Cc1cc(C2COC2)cc(Nc2cc(C#N)ccn2)n1. The fraction of sp³-hybridized carbons (Fsp3) is 0.267. The summed E-state index contributed by atoms with van der Waals surface area (Å²) < 4.78 is 5.23. The first-order chi connectivity index (χ1) is 9.74. The Kier molecular flexibility index (Phi) is 3.32. The minimum absolute atomic E-state index is 0.454. The second-order valence-corrected chi connectivity index (χ2v) is 4.83. The molecule has 0 aliphatic carbocycles. The van der Waals surface area contributed by atoms with Crippen molar-refractivity contribution in [1.82, 2.24) is 9.97 Å². The topological polar surface area (TPSA) is 70.8 Å². The van der Waals surface area contributed by atoms with Gasteiger partial charge in [0.2, 0.25) is 0 Å². The zero-order valence-corrected chi connectivity index (χ0v) is 11.1. The molecule has 2 aromatic heterocycles. The van der Waals surface area contributed by atoms with Crippen LogP contribution in [0.2, 0.25) is 0 Å². The van der Waals surface area contributed by atoms with Crippen LogP contribution in [0.3, 0.4) is 0 Å². The highest BCUT2D eigenvalue weighted by atomic mass is 16.5. The second kappa shape index (κ2) is 5.27. The molecule has 0 aromatic carbocycles. The summed E-state index contributed by atoms with van der Waals surface area (Å²) in [6, 6.07) is 9.57. The number of aromatic nitrogens is 2. The molecule has 0 unspecified atom stereocenters. The van der Waals surface area contributed by atoms with Crippen molar-refractivity contribution >= 4 is 11.6 Å². The number of nitriles is 1. The average molecular weight is 266 g/mol. The fourth-order valence-electron chi connectivity index (χ4n) is 2.12. The van der Waals surface area contributed by atoms with E-state index >= 15 is 0 Å². The maximum absolute atomic E-state index is 8.89. The van der Waals surface area contributed by atoms with Crippen molar-refractivity contribution in [2.75, 3.05) is 18.5 Å². The van der Waals surface area contributed by atoms with Crippen molar-refractivity contribution in [2.24, 2.45) is 0 Å². The summed E-state index contributed by atoms with van der Waals surface area (Å²) in [5.74, 6) is 1.82. The van der Waals surface area contributed by atoms with Crippen molar-refractivity contribution in [3.05, 3.63) is 47.3 Å². The highest BCUT2D eigenvalue weighted by molar-refractivity contribution is 5.55. The van der Waals surface area contributed by atoms with Crippen molar-refractivity contribution < 1.29 is 4.74 Å². The van der Waals surface area contributed by atoms with Crippen LogP contribution in [-0.2, 0) is 4.74 Å². The molecule has 1 N–H and O–H groups in total. The molecule has 1 fully saturated rings. The Bertz CT molecular complexity index is 674. The number of nitrogens with one attached hydrogen (secondary N) is 1. The van der Waals surface area contributed by atoms with E-state index < -0.39 is 0 Å². The Morgan fingerprint density at radius 2 is 2.15 bits per heavy atom. The van der Waals surface area contributed by atoms with Crippen LogP contribution >= 0.6 is 0 Å². The third kappa shape index (κ3) is 2.60. The summed E-state index contributed by atoms with van der Waals surface area (Å²) in [6.07, 6.45) is 1.61. The number of hydrogen-bond donors (Lipinski definition) is 1. The molecule has 3 heterocycles. The monoisotopic (exact) mass is 266 g/mol. The Hall–Kier alpha value is -2.45. The molecule has 0 spiro atoms. The van der Waals surface area contributed by atoms with E-state index in [1.807, 2.05) is 13.0 Å². The lowest BCUT2D eigenvalue weighted by Crippen LogP contribution is -2.25. The number of pyridine rings is 2. The summed E-state index contributed by atoms with van der Waals surface area (Å²) in [5.41, 5.74) is 2.75. The van der Waals surface area contributed by atoms with Crippen molar-refractivity contribution in [1.29, 1.82) is 5.26 Å². The van der Waals surface area contributed by atoms with Crippen LogP contribution in [-0.4, -0.2) is 23.2 Å². The van der Waals surface area contributed by atoms with Gasteiger partial charge in [0.1, 0.15) is 11.6 Å². The molecule has 0 bridgehead atoms. The van der Waals surface area contributed by atoms with Crippen LogP contribution in [0.15, 0.2) is 30.5 Å². The lowest BCUT2D eigenvalue weighted by Gasteiger charge is -2.26. The number of aryl methyl sites for hydroxylation is 1. The third-order valence-electron chi connectivity index (χ3n) is 3.23. The van der Waals surface area contributed by atoms with Gasteiger partial charge in [-0.15, -0.1) is 0 Å². The van der Waals surface area contributed by atoms with Crippen molar-refractivity contribution in [3.63, 3.8) is 0 Å². The quantitative estimate of drug-likeness (QED) is 0.924. The third-order valence-corrected chi connectivity index (χ3v) is 3.23. The van der Waals surface area contributed by atoms with E-state index in [0.717, 1.165) is 24.7 Å². The lowest BCUT2D eigenvalue weighted by molar-refractivity contribution is 0.00840. The van der Waals surface area contributed by atoms with Gasteiger partial charge in [-0.25, -0.2) is 9.97 Å². The fourth-order valence-corrected chi connectivity index (χ4v) is 2.12. The van der Waals surface area contributed by atoms with Gasteiger partial charge in [-0.05, 0) is 36.8 Å². The Balaban J connectivity index is 1.86. The first-order valence-electron chi connectivity index (χ1n) is 6.44. The van der Waals surface area contributed by atoms with E-state index in [1.54, 1.807) is 18.3 Å². The molecule has 20 heavy (non-hydrogen) atoms. The molecule has 3 rings (SSSR count). The average Bonchev–Trinajstić information content (AvgIpc) is 2.36. The predicted octanol–water partition coefficient (Wildman–Crippen LogP) is 2.51. The zero-order chi connectivity index (χ0) is 13.9. The van der Waals surface area contributed by atoms with Gasteiger partial charge in [0.05, 0.1) is 24.8 Å². The molecule has 1 aliphatic rings. The molecule has 1 saturated heterocycles. The van der Waals surface area contributed by atoms with E-state index in [0.29, 0.717) is 17.3 Å². The molecule has 2 aromatic rings. The number of anilines is 2. The minimum Gasteiger partial charge on any atom is -0.380 e. The van der Waals surface area contributed by atoms with Gasteiger partial charge in [-0.2, -0.15) is 5.26 Å². The van der Waals surface area contributed by atoms with Gasteiger partial charge in [0, 0.05) is 17.8 Å². The van der Waals surface area contributed by atoms with Crippen molar-refractivity contribution in [2.45, 2.75) is 12.8 Å².